The molecule has 0 spiro atoms. The second kappa shape index (κ2) is 6.31. The normalized spacial score (nSPS) is 11.3. The van der Waals surface area contributed by atoms with E-state index in [9.17, 15) is 14.0 Å². The summed E-state index contributed by atoms with van der Waals surface area (Å²) >= 11 is 3.41. The molecule has 6 nitrogen and oxygen atoms in total. The Morgan fingerprint density at radius 3 is 2.37 bits per heavy atom. The summed E-state index contributed by atoms with van der Waals surface area (Å²) in [4.78, 5) is 30.0. The summed E-state index contributed by atoms with van der Waals surface area (Å²) in [6.45, 7) is 0. The highest BCUT2D eigenvalue weighted by atomic mass is 79.9. The second-order valence-corrected chi connectivity index (χ2v) is 7.09. The standard InChI is InChI=1S/C19H14BrFN4O2/c1-23-17(11-3-6-13(21)7-4-11)16(18(26)24(2)19(23)27)14-10-25-9-12(20)5-8-15(25)22-14/h3-10H,1-2H3. The van der Waals surface area contributed by atoms with Crippen LogP contribution < -0.4 is 11.2 Å². The Labute approximate surface area is 161 Å². The van der Waals surface area contributed by atoms with E-state index in [0.717, 1.165) is 9.04 Å². The molecule has 3 heterocycles. The van der Waals surface area contributed by atoms with Crippen molar-refractivity contribution in [3.05, 3.63) is 79.9 Å². The van der Waals surface area contributed by atoms with Crippen molar-refractivity contribution in [2.75, 3.05) is 0 Å². The van der Waals surface area contributed by atoms with Crippen LogP contribution in [-0.4, -0.2) is 18.5 Å². The van der Waals surface area contributed by atoms with Crippen LogP contribution in [0.1, 0.15) is 0 Å². The predicted octanol–water partition coefficient (Wildman–Crippen LogP) is 2.97. The Balaban J connectivity index is 2.10. The van der Waals surface area contributed by atoms with Crippen LogP contribution in [0.25, 0.3) is 28.2 Å². The number of rotatable bonds is 2. The second-order valence-electron chi connectivity index (χ2n) is 6.18. The van der Waals surface area contributed by atoms with Gasteiger partial charge in [0.25, 0.3) is 5.56 Å². The Kier molecular flexibility index (Phi) is 4.07. The van der Waals surface area contributed by atoms with E-state index in [1.807, 2.05) is 18.3 Å². The lowest BCUT2D eigenvalue weighted by molar-refractivity contribution is 0.628. The van der Waals surface area contributed by atoms with Gasteiger partial charge in [-0.15, -0.1) is 0 Å². The fraction of sp³-hybridized carbons (Fsp3) is 0.105. The van der Waals surface area contributed by atoms with Crippen LogP contribution in [0.5, 0.6) is 0 Å². The van der Waals surface area contributed by atoms with E-state index in [2.05, 4.69) is 20.9 Å². The van der Waals surface area contributed by atoms with E-state index in [1.165, 1.54) is 23.7 Å². The van der Waals surface area contributed by atoms with E-state index < -0.39 is 17.1 Å². The highest BCUT2D eigenvalue weighted by molar-refractivity contribution is 9.10. The summed E-state index contributed by atoms with van der Waals surface area (Å²) in [7, 11) is 3.01. The topological polar surface area (TPSA) is 61.3 Å². The van der Waals surface area contributed by atoms with Gasteiger partial charge < -0.3 is 4.40 Å². The molecule has 0 bridgehead atoms. The summed E-state index contributed by atoms with van der Waals surface area (Å²) in [5.74, 6) is -0.397. The van der Waals surface area contributed by atoms with Gasteiger partial charge in [0.05, 0.1) is 17.0 Å². The van der Waals surface area contributed by atoms with Crippen molar-refractivity contribution in [2.45, 2.75) is 0 Å². The van der Waals surface area contributed by atoms with Crippen LogP contribution in [0.2, 0.25) is 0 Å². The molecule has 3 aromatic heterocycles. The smallest absolute Gasteiger partial charge is 0.305 e. The van der Waals surface area contributed by atoms with Gasteiger partial charge in [0.15, 0.2) is 0 Å². The van der Waals surface area contributed by atoms with Crippen molar-refractivity contribution in [1.29, 1.82) is 0 Å². The average molecular weight is 429 g/mol. The minimum Gasteiger partial charge on any atom is -0.305 e. The first-order valence-corrected chi connectivity index (χ1v) is 8.86. The number of halogens is 2. The van der Waals surface area contributed by atoms with Gasteiger partial charge in [0.2, 0.25) is 0 Å². The summed E-state index contributed by atoms with van der Waals surface area (Å²) in [6, 6.07) is 9.34. The van der Waals surface area contributed by atoms with Crippen molar-refractivity contribution >= 4 is 21.6 Å². The quantitative estimate of drug-likeness (QED) is 0.493. The number of fused-ring (bicyclic) bond motifs is 1. The van der Waals surface area contributed by atoms with Crippen LogP contribution in [0, 0.1) is 5.82 Å². The van der Waals surface area contributed by atoms with Gasteiger partial charge in [0.1, 0.15) is 11.5 Å². The Morgan fingerprint density at radius 2 is 1.67 bits per heavy atom. The molecule has 0 atom stereocenters. The summed E-state index contributed by atoms with van der Waals surface area (Å²) in [6.07, 6.45) is 3.56. The van der Waals surface area contributed by atoms with Crippen LogP contribution >= 0.6 is 15.9 Å². The maximum absolute atomic E-state index is 13.4. The highest BCUT2D eigenvalue weighted by Gasteiger charge is 2.21. The molecule has 0 saturated heterocycles. The fourth-order valence-electron chi connectivity index (χ4n) is 3.11. The fourth-order valence-corrected chi connectivity index (χ4v) is 3.46. The number of hydrogen-bond donors (Lipinski definition) is 0. The number of aromatic nitrogens is 4. The van der Waals surface area contributed by atoms with Crippen LogP contribution in [-0.2, 0) is 14.1 Å². The van der Waals surface area contributed by atoms with Crippen molar-refractivity contribution in [2.24, 2.45) is 14.1 Å². The van der Waals surface area contributed by atoms with Gasteiger partial charge in [-0.2, -0.15) is 0 Å². The number of pyridine rings is 1. The zero-order valence-electron chi connectivity index (χ0n) is 14.5. The minimum absolute atomic E-state index is 0.283. The number of hydrogen-bond acceptors (Lipinski definition) is 3. The third-order valence-electron chi connectivity index (χ3n) is 4.45. The molecule has 8 heteroatoms. The molecule has 0 radical (unpaired) electrons. The van der Waals surface area contributed by atoms with Crippen molar-refractivity contribution in [3.63, 3.8) is 0 Å². The summed E-state index contributed by atoms with van der Waals surface area (Å²) in [5.41, 5.74) is 1.41. The lowest BCUT2D eigenvalue weighted by Gasteiger charge is -2.14. The Morgan fingerprint density at radius 1 is 0.963 bits per heavy atom. The maximum atomic E-state index is 13.4. The molecule has 0 fully saturated rings. The monoisotopic (exact) mass is 428 g/mol. The number of benzene rings is 1. The van der Waals surface area contributed by atoms with E-state index >= 15 is 0 Å². The molecule has 27 heavy (non-hydrogen) atoms. The van der Waals surface area contributed by atoms with Crippen molar-refractivity contribution < 1.29 is 4.39 Å². The molecule has 136 valence electrons. The molecule has 4 rings (SSSR count). The first kappa shape index (κ1) is 17.4. The Hall–Kier alpha value is -3.00. The van der Waals surface area contributed by atoms with E-state index in [0.29, 0.717) is 22.6 Å². The summed E-state index contributed by atoms with van der Waals surface area (Å²) < 4.78 is 18.5. The van der Waals surface area contributed by atoms with Gasteiger partial charge in [-0.3, -0.25) is 13.9 Å². The van der Waals surface area contributed by atoms with Gasteiger partial charge in [-0.05, 0) is 57.9 Å². The molecule has 0 N–H and O–H groups in total. The predicted molar refractivity (Wildman–Crippen MR) is 104 cm³/mol. The zero-order chi connectivity index (χ0) is 19.3. The van der Waals surface area contributed by atoms with E-state index in [1.54, 1.807) is 29.8 Å². The van der Waals surface area contributed by atoms with Crippen LogP contribution in [0.15, 0.2) is 62.9 Å². The third kappa shape index (κ3) is 2.82. The van der Waals surface area contributed by atoms with Gasteiger partial charge in [-0.25, -0.2) is 14.2 Å². The SMILES string of the molecule is Cn1c(-c2ccc(F)cc2)c(-c2cn3cc(Br)ccc3n2)c(=O)n(C)c1=O. The molecule has 0 aliphatic carbocycles. The minimum atomic E-state index is -0.463. The van der Waals surface area contributed by atoms with Gasteiger partial charge >= 0.3 is 5.69 Å². The Bertz CT molecular complexity index is 1300. The molecule has 4 aromatic rings. The first-order valence-electron chi connectivity index (χ1n) is 8.07. The lowest BCUT2D eigenvalue weighted by atomic mass is 10.0. The first-order chi connectivity index (χ1) is 12.9. The number of imidazole rings is 1. The molecule has 0 aliphatic heterocycles. The number of nitrogens with zero attached hydrogens (tertiary/aromatic N) is 4. The molecule has 0 amide bonds. The molecular formula is C19H14BrFN4O2. The van der Waals surface area contributed by atoms with Crippen molar-refractivity contribution in [1.82, 2.24) is 18.5 Å². The molecule has 0 unspecified atom stereocenters. The van der Waals surface area contributed by atoms with E-state index in [4.69, 9.17) is 0 Å². The molecule has 1 aromatic carbocycles. The zero-order valence-corrected chi connectivity index (χ0v) is 16.1. The summed E-state index contributed by atoms with van der Waals surface area (Å²) in [5, 5.41) is 0. The maximum Gasteiger partial charge on any atom is 0.330 e. The van der Waals surface area contributed by atoms with Gasteiger partial charge in [0, 0.05) is 31.0 Å². The molecular weight excluding hydrogens is 415 g/mol. The molecule has 0 aliphatic rings. The lowest BCUT2D eigenvalue weighted by Crippen LogP contribution is -2.38. The van der Waals surface area contributed by atoms with E-state index in [-0.39, 0.29) is 5.56 Å². The average Bonchev–Trinajstić information content (AvgIpc) is 3.06. The third-order valence-corrected chi connectivity index (χ3v) is 4.92. The molecule has 0 saturated carbocycles. The van der Waals surface area contributed by atoms with Gasteiger partial charge in [-0.1, -0.05) is 0 Å². The van der Waals surface area contributed by atoms with Crippen LogP contribution in [0.4, 0.5) is 4.39 Å². The van der Waals surface area contributed by atoms with Crippen molar-refractivity contribution in [3.8, 4) is 22.5 Å². The highest BCUT2D eigenvalue weighted by Crippen LogP contribution is 2.28. The largest absolute Gasteiger partial charge is 0.330 e. The van der Waals surface area contributed by atoms with Crippen LogP contribution in [0.3, 0.4) is 0 Å².